The number of benzene rings is 1. The van der Waals surface area contributed by atoms with Gasteiger partial charge in [-0.3, -0.25) is 4.79 Å². The van der Waals surface area contributed by atoms with Gasteiger partial charge in [0.15, 0.2) is 0 Å². The van der Waals surface area contributed by atoms with Crippen molar-refractivity contribution in [3.63, 3.8) is 0 Å². The van der Waals surface area contributed by atoms with Gasteiger partial charge in [-0.15, -0.1) is 0 Å². The molecule has 1 amide bonds. The van der Waals surface area contributed by atoms with Crippen LogP contribution in [-0.4, -0.2) is 27.5 Å². The number of carbonyl (C=O) groups excluding carboxylic acids is 1. The molecule has 25 heavy (non-hydrogen) atoms. The van der Waals surface area contributed by atoms with Gasteiger partial charge >= 0.3 is 0 Å². The summed E-state index contributed by atoms with van der Waals surface area (Å²) in [6, 6.07) is 10.3. The van der Waals surface area contributed by atoms with Crippen LogP contribution < -0.4 is 11.1 Å². The maximum Gasteiger partial charge on any atom is 0.224 e. The number of nitrogens with zero attached hydrogens (tertiary/aromatic N) is 2. The van der Waals surface area contributed by atoms with E-state index >= 15 is 0 Å². The van der Waals surface area contributed by atoms with E-state index in [0.29, 0.717) is 6.54 Å². The maximum absolute atomic E-state index is 12.5. The number of imidazole rings is 1. The largest absolute Gasteiger partial charge is 0.355 e. The average Bonchev–Trinajstić information content (AvgIpc) is 3.02. The van der Waals surface area contributed by atoms with Crippen LogP contribution in [0.1, 0.15) is 44.0 Å². The van der Waals surface area contributed by atoms with E-state index in [1.807, 2.05) is 37.5 Å². The lowest BCUT2D eigenvalue weighted by Crippen LogP contribution is -2.53. The van der Waals surface area contributed by atoms with Gasteiger partial charge < -0.3 is 15.6 Å². The Kier molecular flexibility index (Phi) is 5.53. The number of rotatable bonds is 6. The highest BCUT2D eigenvalue weighted by atomic mass is 16.1. The molecule has 1 heterocycles. The van der Waals surface area contributed by atoms with E-state index in [9.17, 15) is 4.79 Å². The van der Waals surface area contributed by atoms with Gasteiger partial charge in [-0.25, -0.2) is 4.98 Å². The van der Waals surface area contributed by atoms with Gasteiger partial charge in [-0.05, 0) is 25.3 Å². The van der Waals surface area contributed by atoms with Crippen LogP contribution in [0, 0.1) is 5.92 Å². The quantitative estimate of drug-likeness (QED) is 0.848. The summed E-state index contributed by atoms with van der Waals surface area (Å²) >= 11 is 0. The molecule has 0 aliphatic heterocycles. The van der Waals surface area contributed by atoms with Gasteiger partial charge in [0.05, 0.1) is 5.92 Å². The first-order valence-corrected chi connectivity index (χ1v) is 9.17. The molecule has 0 spiro atoms. The molecule has 0 radical (unpaired) electrons. The lowest BCUT2D eigenvalue weighted by Gasteiger charge is -2.37. The van der Waals surface area contributed by atoms with Crippen LogP contribution in [0.2, 0.25) is 0 Å². The molecule has 3 rings (SSSR count). The summed E-state index contributed by atoms with van der Waals surface area (Å²) in [6.45, 7) is 3.40. The predicted octanol–water partition coefficient (Wildman–Crippen LogP) is 2.50. The zero-order valence-corrected chi connectivity index (χ0v) is 14.9. The van der Waals surface area contributed by atoms with E-state index in [1.165, 1.54) is 5.56 Å². The van der Waals surface area contributed by atoms with E-state index in [2.05, 4.69) is 27.0 Å². The molecular weight excluding hydrogens is 312 g/mol. The van der Waals surface area contributed by atoms with Crippen LogP contribution in [0.3, 0.4) is 0 Å². The molecule has 1 aromatic heterocycles. The minimum atomic E-state index is -0.381. The lowest BCUT2D eigenvalue weighted by atomic mass is 9.74. The number of aromatic nitrogens is 2. The minimum absolute atomic E-state index is 0.0784. The summed E-state index contributed by atoms with van der Waals surface area (Å²) in [5.41, 5.74) is 7.18. The van der Waals surface area contributed by atoms with Crippen molar-refractivity contribution in [2.45, 2.75) is 51.1 Å². The molecule has 1 fully saturated rings. The van der Waals surface area contributed by atoms with Crippen LogP contribution in [0.4, 0.5) is 0 Å². The van der Waals surface area contributed by atoms with Crippen LogP contribution in [0.5, 0.6) is 0 Å². The van der Waals surface area contributed by atoms with Crippen LogP contribution in [0.15, 0.2) is 42.7 Å². The summed E-state index contributed by atoms with van der Waals surface area (Å²) in [5.74, 6) is 1.000. The first kappa shape index (κ1) is 17.7. The number of nitrogens with two attached hydrogens (primary N) is 1. The van der Waals surface area contributed by atoms with Crippen molar-refractivity contribution in [3.05, 3.63) is 54.1 Å². The second-order valence-corrected chi connectivity index (χ2v) is 7.30. The Bertz CT molecular complexity index is 693. The second kappa shape index (κ2) is 7.83. The van der Waals surface area contributed by atoms with Crippen LogP contribution >= 0.6 is 0 Å². The van der Waals surface area contributed by atoms with Crippen molar-refractivity contribution in [1.82, 2.24) is 14.9 Å². The summed E-state index contributed by atoms with van der Waals surface area (Å²) < 4.78 is 2.13. The molecule has 134 valence electrons. The van der Waals surface area contributed by atoms with Crippen molar-refractivity contribution in [2.24, 2.45) is 11.7 Å². The van der Waals surface area contributed by atoms with Gasteiger partial charge in [0.2, 0.25) is 5.91 Å². The maximum atomic E-state index is 12.5. The van der Waals surface area contributed by atoms with E-state index in [0.717, 1.165) is 44.5 Å². The Morgan fingerprint density at radius 3 is 2.92 bits per heavy atom. The first-order chi connectivity index (χ1) is 12.1. The normalized spacial score (nSPS) is 23.4. The highest BCUT2D eigenvalue weighted by molar-refractivity contribution is 5.80. The van der Waals surface area contributed by atoms with Gasteiger partial charge in [-0.2, -0.15) is 0 Å². The summed E-state index contributed by atoms with van der Waals surface area (Å²) in [4.78, 5) is 16.9. The standard InChI is InChI=1S/C20H28N4O/c1-20(21)11-6-5-9-17(20)19(25)23-12-10-18-22-13-14-24(18)15-16-7-3-2-4-8-16/h2-4,7-8,13-14,17H,5-6,9-12,15,21H2,1H3,(H,23,25). The lowest BCUT2D eigenvalue weighted by molar-refractivity contribution is -0.128. The van der Waals surface area contributed by atoms with Gasteiger partial charge in [0.1, 0.15) is 5.82 Å². The highest BCUT2D eigenvalue weighted by Crippen LogP contribution is 2.31. The van der Waals surface area contributed by atoms with Gasteiger partial charge in [-0.1, -0.05) is 43.2 Å². The topological polar surface area (TPSA) is 72.9 Å². The summed E-state index contributed by atoms with van der Waals surface area (Å²) in [6.07, 6.45) is 8.55. The van der Waals surface area contributed by atoms with E-state index in [1.54, 1.807) is 0 Å². The highest BCUT2D eigenvalue weighted by Gasteiger charge is 2.37. The number of hydrogen-bond donors (Lipinski definition) is 2. The van der Waals surface area contributed by atoms with Crippen LogP contribution in [0.25, 0.3) is 0 Å². The van der Waals surface area contributed by atoms with Crippen molar-refractivity contribution >= 4 is 5.91 Å². The Labute approximate surface area is 149 Å². The molecule has 2 aromatic rings. The Morgan fingerprint density at radius 1 is 1.36 bits per heavy atom. The van der Waals surface area contributed by atoms with Crippen LogP contribution in [-0.2, 0) is 17.8 Å². The van der Waals surface area contributed by atoms with Crippen molar-refractivity contribution in [3.8, 4) is 0 Å². The van der Waals surface area contributed by atoms with Crippen molar-refractivity contribution in [1.29, 1.82) is 0 Å². The Morgan fingerprint density at radius 2 is 2.16 bits per heavy atom. The molecule has 1 aromatic carbocycles. The van der Waals surface area contributed by atoms with Crippen molar-refractivity contribution < 1.29 is 4.79 Å². The fourth-order valence-electron chi connectivity index (χ4n) is 3.70. The monoisotopic (exact) mass is 340 g/mol. The molecule has 0 saturated heterocycles. The van der Waals surface area contributed by atoms with Gasteiger partial charge in [0, 0.05) is 37.4 Å². The molecule has 2 atom stereocenters. The SMILES string of the molecule is CC1(N)CCCCC1C(=O)NCCc1nccn1Cc1ccccc1. The third-order valence-corrected chi connectivity index (χ3v) is 5.22. The molecule has 1 saturated carbocycles. The summed E-state index contributed by atoms with van der Waals surface area (Å²) in [7, 11) is 0. The minimum Gasteiger partial charge on any atom is -0.355 e. The molecule has 1 aliphatic rings. The number of amides is 1. The third-order valence-electron chi connectivity index (χ3n) is 5.22. The predicted molar refractivity (Wildman–Crippen MR) is 99.0 cm³/mol. The number of nitrogens with one attached hydrogen (secondary N) is 1. The second-order valence-electron chi connectivity index (χ2n) is 7.30. The molecule has 0 bridgehead atoms. The number of carbonyl (C=O) groups is 1. The van der Waals surface area contributed by atoms with E-state index in [4.69, 9.17) is 5.73 Å². The van der Waals surface area contributed by atoms with Gasteiger partial charge in [0.25, 0.3) is 0 Å². The Balaban J connectivity index is 1.53. The first-order valence-electron chi connectivity index (χ1n) is 9.17. The molecule has 5 nitrogen and oxygen atoms in total. The summed E-state index contributed by atoms with van der Waals surface area (Å²) in [5, 5.41) is 3.07. The molecule has 2 unspecified atom stereocenters. The molecule has 5 heteroatoms. The fraction of sp³-hybridized carbons (Fsp3) is 0.500. The third kappa shape index (κ3) is 4.48. The smallest absolute Gasteiger partial charge is 0.224 e. The molecule has 3 N–H and O–H groups in total. The zero-order valence-electron chi connectivity index (χ0n) is 14.9. The van der Waals surface area contributed by atoms with Crippen molar-refractivity contribution in [2.75, 3.05) is 6.54 Å². The average molecular weight is 340 g/mol. The fourth-order valence-corrected chi connectivity index (χ4v) is 3.70. The zero-order chi connectivity index (χ0) is 17.7. The molecule has 1 aliphatic carbocycles. The number of hydrogen-bond acceptors (Lipinski definition) is 3. The van der Waals surface area contributed by atoms with E-state index in [-0.39, 0.29) is 17.4 Å². The van der Waals surface area contributed by atoms with E-state index < -0.39 is 0 Å². The molecular formula is C20H28N4O. The Hall–Kier alpha value is -2.14.